The van der Waals surface area contributed by atoms with Crippen LogP contribution in [0.15, 0.2) is 66.7 Å². The lowest BCUT2D eigenvalue weighted by Gasteiger charge is -2.20. The van der Waals surface area contributed by atoms with Gasteiger partial charge < -0.3 is 23.7 Å². The Kier molecular flexibility index (Phi) is 8.01. The van der Waals surface area contributed by atoms with Gasteiger partial charge in [0.2, 0.25) is 5.91 Å². The Bertz CT molecular complexity index is 1470. The molecule has 1 atom stereocenters. The van der Waals surface area contributed by atoms with Crippen LogP contribution in [0.25, 0.3) is 11.0 Å². The minimum atomic E-state index is -0.0200. The Labute approximate surface area is 236 Å². The number of nitrogens with zero attached hydrogens (tertiary/aromatic N) is 3. The Morgan fingerprint density at radius 3 is 2.40 bits per heavy atom. The van der Waals surface area contributed by atoms with Crippen molar-refractivity contribution in [1.29, 1.82) is 0 Å². The molecule has 1 aliphatic rings. The number of methoxy groups -OCH3 is 2. The molecule has 0 aliphatic carbocycles. The zero-order valence-corrected chi connectivity index (χ0v) is 24.1. The maximum atomic E-state index is 13.2. The van der Waals surface area contributed by atoms with E-state index in [4.69, 9.17) is 19.2 Å². The number of rotatable bonds is 10. The molecule has 5 rings (SSSR count). The van der Waals surface area contributed by atoms with Crippen molar-refractivity contribution < 1.29 is 19.0 Å². The third-order valence-corrected chi connectivity index (χ3v) is 7.62. The molecule has 40 heavy (non-hydrogen) atoms. The van der Waals surface area contributed by atoms with Gasteiger partial charge in [-0.1, -0.05) is 45.0 Å². The van der Waals surface area contributed by atoms with E-state index in [0.29, 0.717) is 31.1 Å². The summed E-state index contributed by atoms with van der Waals surface area (Å²) in [6.07, 6.45) is 2.27. The minimum Gasteiger partial charge on any atom is -0.497 e. The molecule has 0 spiro atoms. The molecule has 1 saturated heterocycles. The zero-order valence-electron chi connectivity index (χ0n) is 24.1. The number of fused-ring (bicyclic) bond motifs is 1. The molecule has 2 heterocycles. The molecule has 7 nitrogen and oxygen atoms in total. The van der Waals surface area contributed by atoms with Crippen molar-refractivity contribution in [2.75, 3.05) is 32.3 Å². The van der Waals surface area contributed by atoms with Gasteiger partial charge >= 0.3 is 0 Å². The van der Waals surface area contributed by atoms with E-state index >= 15 is 0 Å². The standard InChI is InChI=1S/C33H39N3O4/c1-33(2,3)24-12-14-25(15-13-24)40-19-9-8-18-35-28-11-7-6-10-27(28)34-32(35)23-20-31(37)36(22-23)29-21-26(38-4)16-17-30(29)39-5/h6-7,10-17,21,23H,8-9,18-20,22H2,1-5H3. The van der Waals surface area contributed by atoms with E-state index in [1.54, 1.807) is 19.1 Å². The molecule has 0 saturated carbocycles. The number of imidazole rings is 1. The van der Waals surface area contributed by atoms with Crippen molar-refractivity contribution in [3.63, 3.8) is 0 Å². The summed E-state index contributed by atoms with van der Waals surface area (Å²) in [6.45, 7) is 8.65. The molecule has 0 N–H and O–H groups in total. The summed E-state index contributed by atoms with van der Waals surface area (Å²) in [6, 6.07) is 22.1. The minimum absolute atomic E-state index is 0.0200. The number of anilines is 1. The zero-order chi connectivity index (χ0) is 28.3. The molecular formula is C33H39N3O4. The monoisotopic (exact) mass is 541 g/mol. The van der Waals surface area contributed by atoms with Crippen LogP contribution in [-0.4, -0.2) is 42.8 Å². The van der Waals surface area contributed by atoms with Gasteiger partial charge in [0, 0.05) is 31.5 Å². The van der Waals surface area contributed by atoms with E-state index in [9.17, 15) is 4.79 Å². The van der Waals surface area contributed by atoms with Gasteiger partial charge in [-0.25, -0.2) is 4.98 Å². The third-order valence-electron chi connectivity index (χ3n) is 7.62. The van der Waals surface area contributed by atoms with Gasteiger partial charge in [-0.15, -0.1) is 0 Å². The van der Waals surface area contributed by atoms with Gasteiger partial charge in [0.1, 0.15) is 23.1 Å². The Balaban J connectivity index is 1.28. The molecule has 7 heteroatoms. The van der Waals surface area contributed by atoms with Gasteiger partial charge in [0.15, 0.2) is 0 Å². The highest BCUT2D eigenvalue weighted by Gasteiger charge is 2.36. The van der Waals surface area contributed by atoms with E-state index in [0.717, 1.165) is 47.7 Å². The second-order valence-electron chi connectivity index (χ2n) is 11.4. The van der Waals surface area contributed by atoms with Crippen LogP contribution < -0.4 is 19.1 Å². The fraction of sp³-hybridized carbons (Fsp3) is 0.394. The summed E-state index contributed by atoms with van der Waals surface area (Å²) >= 11 is 0. The lowest BCUT2D eigenvalue weighted by molar-refractivity contribution is -0.117. The van der Waals surface area contributed by atoms with Crippen molar-refractivity contribution >= 4 is 22.6 Å². The van der Waals surface area contributed by atoms with Crippen LogP contribution in [0, 0.1) is 0 Å². The molecule has 1 fully saturated rings. The summed E-state index contributed by atoms with van der Waals surface area (Å²) in [5.41, 5.74) is 4.21. The number of aryl methyl sites for hydroxylation is 1. The molecule has 3 aromatic carbocycles. The number of unbranched alkanes of at least 4 members (excludes halogenated alkanes) is 1. The van der Waals surface area contributed by atoms with Crippen molar-refractivity contribution in [2.45, 2.75) is 57.9 Å². The number of amides is 1. The Morgan fingerprint density at radius 1 is 0.925 bits per heavy atom. The lowest BCUT2D eigenvalue weighted by Crippen LogP contribution is -2.25. The molecule has 1 aromatic heterocycles. The topological polar surface area (TPSA) is 65.8 Å². The van der Waals surface area contributed by atoms with E-state index in [1.807, 2.05) is 36.4 Å². The maximum Gasteiger partial charge on any atom is 0.227 e. The average molecular weight is 542 g/mol. The normalized spacial score (nSPS) is 15.6. The molecule has 1 aliphatic heterocycles. The van der Waals surface area contributed by atoms with Crippen molar-refractivity contribution in [2.24, 2.45) is 0 Å². The van der Waals surface area contributed by atoms with Crippen LogP contribution in [0.4, 0.5) is 5.69 Å². The smallest absolute Gasteiger partial charge is 0.227 e. The van der Waals surface area contributed by atoms with E-state index in [-0.39, 0.29) is 17.2 Å². The largest absolute Gasteiger partial charge is 0.497 e. The van der Waals surface area contributed by atoms with Crippen molar-refractivity contribution in [3.8, 4) is 17.2 Å². The molecule has 210 valence electrons. The second-order valence-corrected chi connectivity index (χ2v) is 11.4. The summed E-state index contributed by atoms with van der Waals surface area (Å²) in [4.78, 5) is 20.0. The molecule has 1 amide bonds. The molecule has 0 bridgehead atoms. The SMILES string of the molecule is COc1ccc(OC)c(N2CC(c3nc4ccccc4n3CCCCOc3ccc(C(C)(C)C)cc3)CC2=O)c1. The van der Waals surface area contributed by atoms with Crippen LogP contribution in [-0.2, 0) is 16.8 Å². The van der Waals surface area contributed by atoms with E-state index < -0.39 is 0 Å². The Hall–Kier alpha value is -4.00. The number of benzene rings is 3. The van der Waals surface area contributed by atoms with Crippen molar-refractivity contribution in [1.82, 2.24) is 9.55 Å². The predicted molar refractivity (Wildman–Crippen MR) is 159 cm³/mol. The highest BCUT2D eigenvalue weighted by molar-refractivity contribution is 5.98. The summed E-state index contributed by atoms with van der Waals surface area (Å²) in [5.74, 6) is 3.23. The summed E-state index contributed by atoms with van der Waals surface area (Å²) < 4.78 is 19.3. The van der Waals surface area contributed by atoms with Gasteiger partial charge in [-0.2, -0.15) is 0 Å². The van der Waals surface area contributed by atoms with E-state index in [2.05, 4.69) is 55.7 Å². The van der Waals surface area contributed by atoms with Gasteiger partial charge in [0.05, 0.1) is 37.5 Å². The highest BCUT2D eigenvalue weighted by atomic mass is 16.5. The van der Waals surface area contributed by atoms with Crippen LogP contribution in [0.2, 0.25) is 0 Å². The van der Waals surface area contributed by atoms with Gasteiger partial charge in [-0.3, -0.25) is 4.79 Å². The Morgan fingerprint density at radius 2 is 1.68 bits per heavy atom. The van der Waals surface area contributed by atoms with Crippen LogP contribution in [0.3, 0.4) is 0 Å². The first-order chi connectivity index (χ1) is 19.3. The fourth-order valence-electron chi connectivity index (χ4n) is 5.38. The highest BCUT2D eigenvalue weighted by Crippen LogP contribution is 2.39. The van der Waals surface area contributed by atoms with Gasteiger partial charge in [-0.05, 0) is 60.2 Å². The number of para-hydroxylation sites is 2. The van der Waals surface area contributed by atoms with Gasteiger partial charge in [0.25, 0.3) is 0 Å². The molecular weight excluding hydrogens is 502 g/mol. The number of hydrogen-bond acceptors (Lipinski definition) is 5. The second kappa shape index (κ2) is 11.6. The summed E-state index contributed by atoms with van der Waals surface area (Å²) in [5, 5.41) is 0. The first kappa shape index (κ1) is 27.6. The summed E-state index contributed by atoms with van der Waals surface area (Å²) in [7, 11) is 3.24. The van der Waals surface area contributed by atoms with Crippen LogP contribution in [0.1, 0.15) is 57.3 Å². The van der Waals surface area contributed by atoms with Crippen LogP contribution in [0.5, 0.6) is 17.2 Å². The lowest BCUT2D eigenvalue weighted by atomic mass is 9.87. The van der Waals surface area contributed by atoms with E-state index in [1.165, 1.54) is 5.56 Å². The maximum absolute atomic E-state index is 13.2. The van der Waals surface area contributed by atoms with Crippen LogP contribution >= 0.6 is 0 Å². The first-order valence-electron chi connectivity index (χ1n) is 14.0. The molecule has 0 radical (unpaired) electrons. The number of hydrogen-bond donors (Lipinski definition) is 0. The quantitative estimate of drug-likeness (QED) is 0.208. The number of ether oxygens (including phenoxy) is 3. The number of carbonyl (C=O) groups is 1. The molecule has 1 unspecified atom stereocenters. The fourth-order valence-corrected chi connectivity index (χ4v) is 5.38. The van der Waals surface area contributed by atoms with Crippen molar-refractivity contribution in [3.05, 3.63) is 78.1 Å². The number of carbonyl (C=O) groups excluding carboxylic acids is 1. The number of aromatic nitrogens is 2. The predicted octanol–water partition coefficient (Wildman–Crippen LogP) is 6.73. The molecule has 4 aromatic rings. The average Bonchev–Trinajstić information content (AvgIpc) is 3.52. The first-order valence-corrected chi connectivity index (χ1v) is 14.0. The third kappa shape index (κ3) is 5.79.